The minimum atomic E-state index is 0.0770. The third-order valence-electron chi connectivity index (χ3n) is 3.95. The standard InChI is InChI=1S/C19H26N2OS/c1-14(2)19(17-10-7-11-23-17)20-18(22)13-21(4)12-16-9-6-5-8-15(16)3/h5-11,14,19H,12-13H2,1-4H3,(H,20,22)/t19-/m1/s1. The van der Waals surface area contributed by atoms with Crippen LogP contribution in [0.1, 0.15) is 35.9 Å². The number of likely N-dealkylation sites (N-methyl/N-ethyl adjacent to an activating group) is 1. The fourth-order valence-corrected chi connectivity index (χ4v) is 3.58. The minimum Gasteiger partial charge on any atom is -0.347 e. The largest absolute Gasteiger partial charge is 0.347 e. The molecule has 3 nitrogen and oxygen atoms in total. The van der Waals surface area contributed by atoms with Crippen molar-refractivity contribution in [2.24, 2.45) is 5.92 Å². The molecule has 0 spiro atoms. The first-order valence-corrected chi connectivity index (χ1v) is 8.91. The van der Waals surface area contributed by atoms with Crippen molar-refractivity contribution in [3.8, 4) is 0 Å². The van der Waals surface area contributed by atoms with Crippen LogP contribution in [0.5, 0.6) is 0 Å². The zero-order valence-electron chi connectivity index (χ0n) is 14.4. The van der Waals surface area contributed by atoms with Crippen molar-refractivity contribution in [3.05, 3.63) is 57.8 Å². The van der Waals surface area contributed by atoms with Gasteiger partial charge in [0.1, 0.15) is 0 Å². The van der Waals surface area contributed by atoms with Crippen LogP contribution in [-0.4, -0.2) is 24.4 Å². The number of carbonyl (C=O) groups is 1. The zero-order chi connectivity index (χ0) is 16.8. The lowest BCUT2D eigenvalue weighted by Crippen LogP contribution is -2.38. The molecule has 23 heavy (non-hydrogen) atoms. The molecule has 1 atom stereocenters. The Kier molecular flexibility index (Phi) is 6.37. The Labute approximate surface area is 143 Å². The van der Waals surface area contributed by atoms with E-state index in [2.05, 4.69) is 54.6 Å². The molecular weight excluding hydrogens is 304 g/mol. The van der Waals surface area contributed by atoms with Crippen LogP contribution in [0.4, 0.5) is 0 Å². The van der Waals surface area contributed by atoms with Crippen molar-refractivity contribution >= 4 is 17.2 Å². The molecule has 0 unspecified atom stereocenters. The second kappa shape index (κ2) is 8.27. The van der Waals surface area contributed by atoms with Crippen LogP contribution < -0.4 is 5.32 Å². The molecule has 0 aliphatic carbocycles. The number of hydrogen-bond acceptors (Lipinski definition) is 3. The maximum absolute atomic E-state index is 12.4. The number of nitrogens with one attached hydrogen (secondary N) is 1. The average Bonchev–Trinajstić information content (AvgIpc) is 3.00. The highest BCUT2D eigenvalue weighted by molar-refractivity contribution is 7.10. The normalized spacial score (nSPS) is 12.6. The number of amides is 1. The van der Waals surface area contributed by atoms with E-state index in [0.717, 1.165) is 6.54 Å². The van der Waals surface area contributed by atoms with Crippen molar-refractivity contribution in [1.29, 1.82) is 0 Å². The Balaban J connectivity index is 1.92. The SMILES string of the molecule is Cc1ccccc1CN(C)CC(=O)N[C@@H](c1cccs1)C(C)C. The molecule has 124 valence electrons. The van der Waals surface area contributed by atoms with E-state index in [1.807, 2.05) is 25.2 Å². The summed E-state index contributed by atoms with van der Waals surface area (Å²) in [6, 6.07) is 12.5. The van der Waals surface area contributed by atoms with E-state index in [1.165, 1.54) is 16.0 Å². The number of hydrogen-bond donors (Lipinski definition) is 1. The van der Waals surface area contributed by atoms with Crippen LogP contribution in [0.3, 0.4) is 0 Å². The first-order valence-electron chi connectivity index (χ1n) is 8.03. The van der Waals surface area contributed by atoms with Gasteiger partial charge >= 0.3 is 0 Å². The van der Waals surface area contributed by atoms with Gasteiger partial charge in [-0.2, -0.15) is 0 Å². The molecule has 4 heteroatoms. The average molecular weight is 330 g/mol. The van der Waals surface area contributed by atoms with Crippen LogP contribution in [0.25, 0.3) is 0 Å². The molecule has 2 aromatic rings. The molecule has 1 aromatic heterocycles. The van der Waals surface area contributed by atoms with Gasteiger partial charge in [-0.1, -0.05) is 44.2 Å². The summed E-state index contributed by atoms with van der Waals surface area (Å²) in [4.78, 5) is 15.7. The monoisotopic (exact) mass is 330 g/mol. The molecule has 2 rings (SSSR count). The molecule has 0 aliphatic heterocycles. The summed E-state index contributed by atoms with van der Waals surface area (Å²) in [6.45, 7) is 7.58. The molecule has 0 aliphatic rings. The van der Waals surface area contributed by atoms with E-state index in [0.29, 0.717) is 12.5 Å². The van der Waals surface area contributed by atoms with E-state index >= 15 is 0 Å². The molecule has 0 saturated carbocycles. The van der Waals surface area contributed by atoms with E-state index in [4.69, 9.17) is 0 Å². The fourth-order valence-electron chi connectivity index (χ4n) is 2.63. The summed E-state index contributed by atoms with van der Waals surface area (Å²) in [6.07, 6.45) is 0. The summed E-state index contributed by atoms with van der Waals surface area (Å²) in [5, 5.41) is 5.24. The van der Waals surface area contributed by atoms with Crippen LogP contribution in [-0.2, 0) is 11.3 Å². The summed E-state index contributed by atoms with van der Waals surface area (Å²) < 4.78 is 0. The fraction of sp³-hybridized carbons (Fsp3) is 0.421. The molecule has 1 aromatic carbocycles. The topological polar surface area (TPSA) is 32.3 Å². The first kappa shape index (κ1) is 17.7. The smallest absolute Gasteiger partial charge is 0.234 e. The van der Waals surface area contributed by atoms with Gasteiger partial charge in [0, 0.05) is 11.4 Å². The third-order valence-corrected chi connectivity index (χ3v) is 4.90. The van der Waals surface area contributed by atoms with Gasteiger partial charge in [0.05, 0.1) is 12.6 Å². The molecule has 0 radical (unpaired) electrons. The Morgan fingerprint density at radius 2 is 1.96 bits per heavy atom. The van der Waals surface area contributed by atoms with Crippen LogP contribution in [0.2, 0.25) is 0 Å². The zero-order valence-corrected chi connectivity index (χ0v) is 15.2. The molecule has 0 saturated heterocycles. The number of thiophene rings is 1. The van der Waals surface area contributed by atoms with Gasteiger partial charge in [0.25, 0.3) is 0 Å². The molecule has 0 bridgehead atoms. The van der Waals surface area contributed by atoms with Gasteiger partial charge in [-0.3, -0.25) is 9.69 Å². The Hall–Kier alpha value is -1.65. The second-order valence-electron chi connectivity index (χ2n) is 6.40. The maximum Gasteiger partial charge on any atom is 0.234 e. The number of benzene rings is 1. The van der Waals surface area contributed by atoms with E-state index in [-0.39, 0.29) is 11.9 Å². The van der Waals surface area contributed by atoms with Gasteiger partial charge < -0.3 is 5.32 Å². The van der Waals surface area contributed by atoms with Crippen molar-refractivity contribution in [2.45, 2.75) is 33.4 Å². The predicted molar refractivity (Wildman–Crippen MR) is 97.6 cm³/mol. The van der Waals surface area contributed by atoms with Gasteiger partial charge in [0.15, 0.2) is 0 Å². The number of nitrogens with zero attached hydrogens (tertiary/aromatic N) is 1. The highest BCUT2D eigenvalue weighted by Gasteiger charge is 2.19. The second-order valence-corrected chi connectivity index (χ2v) is 7.38. The Morgan fingerprint density at radius 1 is 1.22 bits per heavy atom. The van der Waals surface area contributed by atoms with E-state index < -0.39 is 0 Å². The number of carbonyl (C=O) groups excluding carboxylic acids is 1. The van der Waals surface area contributed by atoms with E-state index in [1.54, 1.807) is 11.3 Å². The van der Waals surface area contributed by atoms with Crippen molar-refractivity contribution in [1.82, 2.24) is 10.2 Å². The van der Waals surface area contributed by atoms with Crippen LogP contribution in [0.15, 0.2) is 41.8 Å². The van der Waals surface area contributed by atoms with Crippen molar-refractivity contribution in [2.75, 3.05) is 13.6 Å². The van der Waals surface area contributed by atoms with Gasteiger partial charge in [-0.15, -0.1) is 11.3 Å². The van der Waals surface area contributed by atoms with Crippen molar-refractivity contribution in [3.63, 3.8) is 0 Å². The molecular formula is C19H26N2OS. The minimum absolute atomic E-state index is 0.0770. The molecule has 1 amide bonds. The predicted octanol–water partition coefficient (Wildman–Crippen LogP) is 4.00. The molecule has 1 N–H and O–H groups in total. The summed E-state index contributed by atoms with van der Waals surface area (Å²) >= 11 is 1.70. The molecule has 0 fully saturated rings. The quantitative estimate of drug-likeness (QED) is 0.832. The van der Waals surface area contributed by atoms with Crippen LogP contribution in [0, 0.1) is 12.8 Å². The van der Waals surface area contributed by atoms with Crippen LogP contribution >= 0.6 is 11.3 Å². The molecule has 1 heterocycles. The van der Waals surface area contributed by atoms with E-state index in [9.17, 15) is 4.79 Å². The highest BCUT2D eigenvalue weighted by Crippen LogP contribution is 2.25. The highest BCUT2D eigenvalue weighted by atomic mass is 32.1. The summed E-state index contributed by atoms with van der Waals surface area (Å²) in [5.74, 6) is 0.451. The lowest BCUT2D eigenvalue weighted by molar-refractivity contribution is -0.123. The van der Waals surface area contributed by atoms with Crippen molar-refractivity contribution < 1.29 is 4.79 Å². The maximum atomic E-state index is 12.4. The number of rotatable bonds is 7. The van der Waals surface area contributed by atoms with Gasteiger partial charge in [-0.25, -0.2) is 0 Å². The Bertz CT molecular complexity index is 622. The lowest BCUT2D eigenvalue weighted by atomic mass is 10.0. The lowest BCUT2D eigenvalue weighted by Gasteiger charge is -2.23. The summed E-state index contributed by atoms with van der Waals surface area (Å²) in [5.41, 5.74) is 2.53. The first-order chi connectivity index (χ1) is 11.0. The third kappa shape index (κ3) is 5.19. The summed E-state index contributed by atoms with van der Waals surface area (Å²) in [7, 11) is 1.99. The number of aryl methyl sites for hydroxylation is 1. The van der Waals surface area contributed by atoms with Gasteiger partial charge in [0.2, 0.25) is 5.91 Å². The van der Waals surface area contributed by atoms with Gasteiger partial charge in [-0.05, 0) is 42.5 Å². The Morgan fingerprint density at radius 3 is 2.57 bits per heavy atom.